The Labute approximate surface area is 130 Å². The molecule has 0 aliphatic carbocycles. The summed E-state index contributed by atoms with van der Waals surface area (Å²) in [6.45, 7) is 7.41. The number of halogens is 1. The minimum Gasteiger partial charge on any atom is -0.310 e. The van der Waals surface area contributed by atoms with E-state index >= 15 is 0 Å². The lowest BCUT2D eigenvalue weighted by Gasteiger charge is -2.24. The molecule has 0 N–H and O–H groups in total. The van der Waals surface area contributed by atoms with Crippen LogP contribution in [0.4, 0.5) is 0 Å². The van der Waals surface area contributed by atoms with E-state index in [0.29, 0.717) is 5.82 Å². The number of aromatic nitrogens is 4. The van der Waals surface area contributed by atoms with Crippen LogP contribution in [0.25, 0.3) is 11.2 Å². The highest BCUT2D eigenvalue weighted by Crippen LogP contribution is 2.29. The van der Waals surface area contributed by atoms with Crippen molar-refractivity contribution < 1.29 is 8.42 Å². The Morgan fingerprint density at radius 3 is 2.43 bits per heavy atom. The van der Waals surface area contributed by atoms with Gasteiger partial charge in [0.25, 0.3) is 0 Å². The normalized spacial score (nSPS) is 14.8. The molecule has 8 heteroatoms. The summed E-state index contributed by atoms with van der Waals surface area (Å²) >= 11 is 6.22. The Morgan fingerprint density at radius 1 is 1.38 bits per heavy atom. The third-order valence-electron chi connectivity index (χ3n) is 3.82. The molecule has 21 heavy (non-hydrogen) atoms. The minimum absolute atomic E-state index is 0.285. The monoisotopic (exact) mass is 332 g/mol. The van der Waals surface area contributed by atoms with Gasteiger partial charge >= 0.3 is 0 Å². The lowest BCUT2D eigenvalue weighted by Crippen LogP contribution is -2.36. The second kappa shape index (κ2) is 4.98. The Bertz CT molecular complexity index is 787. The van der Waals surface area contributed by atoms with E-state index in [0.717, 1.165) is 16.9 Å². The van der Waals surface area contributed by atoms with Gasteiger partial charge in [0.2, 0.25) is 0 Å². The predicted molar refractivity (Wildman–Crippen MR) is 84.4 cm³/mol. The number of hydrogen-bond acceptors (Lipinski definition) is 4. The molecule has 0 spiro atoms. The molecule has 6 nitrogen and oxygen atoms in total. The number of hydrogen-bond donors (Lipinski definition) is 0. The smallest absolute Gasteiger partial charge is 0.158 e. The maximum absolute atomic E-state index is 12.0. The van der Waals surface area contributed by atoms with Crippen molar-refractivity contribution in [1.29, 1.82) is 0 Å². The fourth-order valence-electron chi connectivity index (χ4n) is 2.31. The number of nitrogens with zero attached hydrogens (tertiary/aromatic N) is 4. The zero-order valence-electron chi connectivity index (χ0n) is 13.2. The molecule has 0 aliphatic heterocycles. The second-order valence-corrected chi connectivity index (χ2v) is 9.39. The van der Waals surface area contributed by atoms with Gasteiger partial charge in [0.1, 0.15) is 11.3 Å². The Balaban J connectivity index is 2.69. The predicted octanol–water partition coefficient (Wildman–Crippen LogP) is 2.20. The summed E-state index contributed by atoms with van der Waals surface area (Å²) in [4.78, 5) is 4.55. The van der Waals surface area contributed by atoms with Crippen LogP contribution in [0.5, 0.6) is 0 Å². The average Bonchev–Trinajstić information content (AvgIpc) is 2.77. The molecular weight excluding hydrogens is 312 g/mol. The van der Waals surface area contributed by atoms with Crippen molar-refractivity contribution in [2.45, 2.75) is 44.4 Å². The zero-order valence-corrected chi connectivity index (χ0v) is 14.7. The number of imidazole rings is 1. The van der Waals surface area contributed by atoms with E-state index < -0.39 is 14.6 Å². The highest BCUT2D eigenvalue weighted by atomic mass is 35.5. The molecule has 2 aromatic rings. The first kappa shape index (κ1) is 16.3. The van der Waals surface area contributed by atoms with Gasteiger partial charge < -0.3 is 4.57 Å². The largest absolute Gasteiger partial charge is 0.310 e. The maximum atomic E-state index is 12.0. The zero-order chi connectivity index (χ0) is 16.2. The molecule has 0 radical (unpaired) electrons. The van der Waals surface area contributed by atoms with Gasteiger partial charge in [-0.2, -0.15) is 5.10 Å². The van der Waals surface area contributed by atoms with E-state index in [9.17, 15) is 8.42 Å². The summed E-state index contributed by atoms with van der Waals surface area (Å²) in [5.74, 6) is 0.666. The first-order valence-corrected chi connectivity index (χ1v) is 9.02. The van der Waals surface area contributed by atoms with Crippen molar-refractivity contribution >= 4 is 32.6 Å². The van der Waals surface area contributed by atoms with Crippen molar-refractivity contribution in [2.24, 2.45) is 7.05 Å². The van der Waals surface area contributed by atoms with E-state index in [1.165, 1.54) is 6.26 Å². The first-order valence-electron chi connectivity index (χ1n) is 6.69. The summed E-state index contributed by atoms with van der Waals surface area (Å²) in [6, 6.07) is 0. The lowest BCUT2D eigenvalue weighted by atomic mass is 10.2. The van der Waals surface area contributed by atoms with Gasteiger partial charge in [-0.3, -0.25) is 4.68 Å². The molecule has 118 valence electrons. The van der Waals surface area contributed by atoms with E-state index in [1.54, 1.807) is 18.5 Å². The molecule has 0 bridgehead atoms. The molecule has 0 aliphatic rings. The standard InChI is InChI=1S/C13H21ClN4O2S/c1-8(14)11-15-10-9(2)16-17(5)12(10)18(11)7-13(3,4)21(6,19)20/h8H,7H2,1-6H3. The quantitative estimate of drug-likeness (QED) is 0.805. The highest BCUT2D eigenvalue weighted by Gasteiger charge is 2.33. The van der Waals surface area contributed by atoms with E-state index in [1.807, 2.05) is 25.5 Å². The molecule has 0 saturated carbocycles. The molecule has 2 aromatic heterocycles. The van der Waals surface area contributed by atoms with Crippen LogP contribution in [-0.2, 0) is 23.4 Å². The number of fused-ring (bicyclic) bond motifs is 1. The third-order valence-corrected chi connectivity index (χ3v) is 6.15. The van der Waals surface area contributed by atoms with Crippen LogP contribution in [0.1, 0.15) is 37.7 Å². The van der Waals surface area contributed by atoms with Crippen LogP contribution in [0, 0.1) is 6.92 Å². The van der Waals surface area contributed by atoms with Gasteiger partial charge in [-0.25, -0.2) is 13.4 Å². The van der Waals surface area contributed by atoms with Crippen molar-refractivity contribution in [3.8, 4) is 0 Å². The Morgan fingerprint density at radius 2 is 1.95 bits per heavy atom. The molecule has 1 unspecified atom stereocenters. The summed E-state index contributed by atoms with van der Waals surface area (Å²) in [5.41, 5.74) is 2.37. The summed E-state index contributed by atoms with van der Waals surface area (Å²) < 4.78 is 26.7. The fraction of sp³-hybridized carbons (Fsp3) is 0.692. The van der Waals surface area contributed by atoms with Gasteiger partial charge in [0.05, 0.1) is 15.8 Å². The number of aryl methyl sites for hydroxylation is 2. The molecule has 0 amide bonds. The van der Waals surface area contributed by atoms with Gasteiger partial charge in [-0.05, 0) is 27.7 Å². The van der Waals surface area contributed by atoms with Gasteiger partial charge in [0, 0.05) is 19.8 Å². The highest BCUT2D eigenvalue weighted by molar-refractivity contribution is 7.92. The van der Waals surface area contributed by atoms with Crippen molar-refractivity contribution in [3.05, 3.63) is 11.5 Å². The van der Waals surface area contributed by atoms with E-state index in [2.05, 4.69) is 10.1 Å². The summed E-state index contributed by atoms with van der Waals surface area (Å²) in [7, 11) is -1.39. The molecule has 0 saturated heterocycles. The third kappa shape index (κ3) is 2.68. The van der Waals surface area contributed by atoms with Crippen LogP contribution in [0.15, 0.2) is 0 Å². The van der Waals surface area contributed by atoms with E-state index in [-0.39, 0.29) is 11.9 Å². The number of sulfone groups is 1. The topological polar surface area (TPSA) is 69.8 Å². The second-order valence-electron chi connectivity index (χ2n) is 6.09. The van der Waals surface area contributed by atoms with Crippen LogP contribution in [-0.4, -0.2) is 38.8 Å². The van der Waals surface area contributed by atoms with E-state index in [4.69, 9.17) is 11.6 Å². The molecular formula is C13H21ClN4O2S. The molecule has 0 aromatic carbocycles. The van der Waals surface area contributed by atoms with Crippen LogP contribution >= 0.6 is 11.6 Å². The maximum Gasteiger partial charge on any atom is 0.158 e. The summed E-state index contributed by atoms with van der Waals surface area (Å²) in [5, 5.41) is 4.03. The molecule has 2 heterocycles. The lowest BCUT2D eigenvalue weighted by molar-refractivity contribution is 0.494. The van der Waals surface area contributed by atoms with Crippen LogP contribution in [0.3, 0.4) is 0 Å². The fourth-order valence-corrected chi connectivity index (χ4v) is 2.84. The molecule has 1 atom stereocenters. The summed E-state index contributed by atoms with van der Waals surface area (Å²) in [6.07, 6.45) is 1.25. The van der Waals surface area contributed by atoms with Crippen molar-refractivity contribution in [1.82, 2.24) is 19.3 Å². The molecule has 0 fully saturated rings. The minimum atomic E-state index is -3.22. The Kier molecular flexibility index (Phi) is 3.87. The van der Waals surface area contributed by atoms with Gasteiger partial charge in [-0.1, -0.05) is 0 Å². The number of alkyl halides is 1. The van der Waals surface area contributed by atoms with Crippen molar-refractivity contribution in [2.75, 3.05) is 6.26 Å². The number of rotatable bonds is 4. The van der Waals surface area contributed by atoms with Gasteiger partial charge in [-0.15, -0.1) is 11.6 Å². The Hall–Kier alpha value is -1.08. The van der Waals surface area contributed by atoms with Crippen LogP contribution in [0.2, 0.25) is 0 Å². The first-order chi connectivity index (χ1) is 9.45. The average molecular weight is 333 g/mol. The SMILES string of the molecule is Cc1nn(C)c2c1nc(C(C)Cl)n2CC(C)(C)S(C)(=O)=O. The van der Waals surface area contributed by atoms with Gasteiger partial charge in [0.15, 0.2) is 15.5 Å². The van der Waals surface area contributed by atoms with Crippen LogP contribution < -0.4 is 0 Å². The van der Waals surface area contributed by atoms with Crippen molar-refractivity contribution in [3.63, 3.8) is 0 Å². The molecule has 2 rings (SSSR count).